The molecule has 6 heteroatoms. The maximum atomic E-state index is 7.89. The van der Waals surface area contributed by atoms with E-state index in [1.807, 2.05) is 0 Å². The van der Waals surface area contributed by atoms with E-state index in [1.54, 1.807) is 5.56 Å². The Morgan fingerprint density at radius 1 is 0.692 bits per heavy atom. The largest absolute Gasteiger partial charge is 0.370 e. The van der Waals surface area contributed by atoms with Crippen molar-refractivity contribution in [2.24, 2.45) is 5.92 Å². The Morgan fingerprint density at radius 2 is 1.21 bits per heavy atom. The Bertz CT molecular complexity index is 1670. The Morgan fingerprint density at radius 3 is 1.75 bits per heavy atom. The van der Waals surface area contributed by atoms with Crippen molar-refractivity contribution in [3.8, 4) is 0 Å². The number of rotatable bonds is 6. The van der Waals surface area contributed by atoms with E-state index in [1.165, 1.54) is 120 Å². The van der Waals surface area contributed by atoms with Crippen LogP contribution < -0.4 is 10.6 Å². The molecule has 0 radical (unpaired) electrons. The number of benzene rings is 2. The van der Waals surface area contributed by atoms with Crippen LogP contribution in [0.3, 0.4) is 0 Å². The van der Waals surface area contributed by atoms with Gasteiger partial charge in [-0.2, -0.15) is 0 Å². The van der Waals surface area contributed by atoms with Gasteiger partial charge in [-0.1, -0.05) is 112 Å². The molecule has 2 aromatic carbocycles. The average Bonchev–Trinajstić information content (AvgIpc) is 3.63. The van der Waals surface area contributed by atoms with Crippen molar-refractivity contribution in [3.05, 3.63) is 116 Å². The molecule has 2 aromatic rings. The number of nitrogens with one attached hydrogen (secondary N) is 2. The number of hydrogen-bond donors (Lipinski definition) is 2. The van der Waals surface area contributed by atoms with Crippen LogP contribution in [0.1, 0.15) is 127 Å². The molecule has 5 aliphatic rings. The summed E-state index contributed by atoms with van der Waals surface area (Å²) >= 11 is 15.8. The normalized spacial score (nSPS) is 27.5. The maximum absolute atomic E-state index is 7.89. The second-order valence-corrected chi connectivity index (χ2v) is 21.3. The van der Waals surface area contributed by atoms with Crippen molar-refractivity contribution in [1.29, 1.82) is 0 Å². The quantitative estimate of drug-likeness (QED) is 0.131. The number of allylic oxidation sites excluding steroid dienone is 7. The van der Waals surface area contributed by atoms with Gasteiger partial charge < -0.3 is 10.6 Å². The molecule has 1 aliphatic heterocycles. The summed E-state index contributed by atoms with van der Waals surface area (Å²) < 4.78 is -0.919. The molecule has 0 aromatic heterocycles. The number of aryl methyl sites for hydroxylation is 6. The molecular weight excluding hydrogens is 783 g/mol. The smallest absolute Gasteiger partial charge is 0.128 e. The van der Waals surface area contributed by atoms with Gasteiger partial charge >= 0.3 is 0 Å². The van der Waals surface area contributed by atoms with Crippen LogP contribution >= 0.6 is 31.1 Å². The predicted octanol–water partition coefficient (Wildman–Crippen LogP) is 12.7. The number of alkyl halides is 2. The van der Waals surface area contributed by atoms with Crippen molar-refractivity contribution in [1.82, 2.24) is 10.6 Å². The van der Waals surface area contributed by atoms with Gasteiger partial charge in [-0.15, -0.1) is 23.2 Å². The number of hydrogen-bond acceptors (Lipinski definition) is 2. The molecule has 4 fully saturated rings. The third-order valence-electron chi connectivity index (χ3n) is 13.0. The van der Waals surface area contributed by atoms with Crippen LogP contribution in [0.4, 0.5) is 0 Å². The van der Waals surface area contributed by atoms with Crippen LogP contribution in [0.5, 0.6) is 0 Å². The van der Waals surface area contributed by atoms with E-state index >= 15 is 0 Å². The molecule has 282 valence electrons. The van der Waals surface area contributed by atoms with Crippen LogP contribution in [-0.2, 0) is 24.6 Å². The molecule has 3 saturated carbocycles. The summed E-state index contributed by atoms with van der Waals surface area (Å²) in [6.45, 7) is 15.9. The summed E-state index contributed by atoms with van der Waals surface area (Å²) in [6.07, 6.45) is 27.5. The first-order valence-corrected chi connectivity index (χ1v) is 22.4. The molecule has 1 heterocycles. The van der Waals surface area contributed by atoms with Gasteiger partial charge in [0.1, 0.15) is 10.2 Å². The third-order valence-corrected chi connectivity index (χ3v) is 18.0. The third kappa shape index (κ3) is 7.71. The van der Waals surface area contributed by atoms with E-state index < -0.39 is 12.3 Å². The first-order chi connectivity index (χ1) is 24.5. The van der Waals surface area contributed by atoms with Gasteiger partial charge in [0.05, 0.1) is 0 Å². The molecule has 2 N–H and O–H groups in total. The summed E-state index contributed by atoms with van der Waals surface area (Å²) in [5.74, 6) is 1.18. The van der Waals surface area contributed by atoms with Crippen LogP contribution in [0.25, 0.3) is 0 Å². The Balaban J connectivity index is 0.00000464. The number of halogens is 2. The molecule has 7 rings (SSSR count). The molecule has 1 saturated heterocycles. The van der Waals surface area contributed by atoms with Gasteiger partial charge in [0, 0.05) is 55.1 Å². The molecule has 0 amide bonds. The minimum absolute atomic E-state index is 0. The van der Waals surface area contributed by atoms with Crippen LogP contribution in [-0.4, -0.2) is 28.7 Å². The van der Waals surface area contributed by atoms with Crippen LogP contribution in [0, 0.1) is 47.5 Å². The van der Waals surface area contributed by atoms with E-state index in [4.69, 9.17) is 23.2 Å². The van der Waals surface area contributed by atoms with Gasteiger partial charge in [-0.05, 0) is 130 Å². The fourth-order valence-corrected chi connectivity index (χ4v) is 17.1. The Labute approximate surface area is 339 Å². The molecular formula is C46H61Cl2N2PRu. The van der Waals surface area contributed by atoms with Gasteiger partial charge in [0.15, 0.2) is 0 Å². The summed E-state index contributed by atoms with van der Waals surface area (Å²) in [4.78, 5) is 0. The van der Waals surface area contributed by atoms with Gasteiger partial charge in [-0.25, -0.2) is 0 Å². The van der Waals surface area contributed by atoms with Crippen LogP contribution in [0.15, 0.2) is 71.6 Å². The summed E-state index contributed by atoms with van der Waals surface area (Å²) in [6, 6.07) is 9.72. The molecule has 3 atom stereocenters. The average molecular weight is 845 g/mol. The second kappa shape index (κ2) is 16.8. The molecule has 52 heavy (non-hydrogen) atoms. The van der Waals surface area contributed by atoms with E-state index in [0.717, 1.165) is 37.2 Å². The summed E-state index contributed by atoms with van der Waals surface area (Å²) in [5.41, 5.74) is 15.6. The second-order valence-electron chi connectivity index (χ2n) is 16.7. The van der Waals surface area contributed by atoms with E-state index in [2.05, 4.69) is 107 Å². The van der Waals surface area contributed by atoms with Crippen molar-refractivity contribution < 1.29 is 19.5 Å². The minimum Gasteiger partial charge on any atom is -0.370 e. The summed E-state index contributed by atoms with van der Waals surface area (Å²) in [5, 5.41) is 7.25. The van der Waals surface area contributed by atoms with Crippen molar-refractivity contribution >= 4 is 31.1 Å². The fourth-order valence-electron chi connectivity index (χ4n) is 11.3. The van der Waals surface area contributed by atoms with E-state index in [0.29, 0.717) is 0 Å². The van der Waals surface area contributed by atoms with Crippen molar-refractivity contribution in [3.63, 3.8) is 0 Å². The zero-order valence-corrected chi connectivity index (χ0v) is 36.6. The maximum Gasteiger partial charge on any atom is 0.128 e. The van der Waals surface area contributed by atoms with E-state index in [-0.39, 0.29) is 36.5 Å². The van der Waals surface area contributed by atoms with Crippen molar-refractivity contribution in [2.75, 3.05) is 13.1 Å². The summed E-state index contributed by atoms with van der Waals surface area (Å²) in [7, 11) is -0.467. The molecule has 0 bridgehead atoms. The predicted molar refractivity (Wildman–Crippen MR) is 223 cm³/mol. The van der Waals surface area contributed by atoms with Gasteiger partial charge in [-0.3, -0.25) is 0 Å². The molecule has 3 unspecified atom stereocenters. The van der Waals surface area contributed by atoms with Gasteiger partial charge in [0.2, 0.25) is 0 Å². The Hall–Kier alpha value is -1.37. The minimum atomic E-state index is -0.919. The SMILES string of the molecule is Cc1cc(C)c(C2C(=CC3C=CC=CC3=C3NCCN3)C(c3c(C)cc(C)cc3C)(P(C3CCCCC3)C3CCCCC3)CCC2(Cl)Cl)c(C)c1.[Ru]. The zero-order valence-electron chi connectivity index (χ0n) is 32.5. The monoisotopic (exact) mass is 844 g/mol. The standard InChI is InChI=1S/C46H61Cl2N2P.Ru/c1-30-25-32(3)41(33(4)26-30)43-40(29-36-15-13-14-20-39(36)44-49-23-24-50-44)45(21-22-46(43,47)48,42-34(5)27-31(2)28-35(42)6)51(37-16-9-7-10-17-37)38-18-11-8-12-19-38;/h13-15,20,25-29,36-38,43,49-50H,7-12,16-19,21-24H2,1-6H3;. The first kappa shape index (κ1) is 40.3. The molecule has 4 aliphatic carbocycles. The molecule has 2 nitrogen and oxygen atoms in total. The van der Waals surface area contributed by atoms with Gasteiger partial charge in [0.25, 0.3) is 0 Å². The first-order valence-electron chi connectivity index (χ1n) is 20.1. The van der Waals surface area contributed by atoms with Crippen molar-refractivity contribution in [2.45, 2.75) is 145 Å². The van der Waals surface area contributed by atoms with E-state index in [9.17, 15) is 0 Å². The van der Waals surface area contributed by atoms with Crippen LogP contribution in [0.2, 0.25) is 0 Å². The topological polar surface area (TPSA) is 24.1 Å². The molecule has 0 spiro atoms. The zero-order chi connectivity index (χ0) is 35.9. The fraction of sp³-hybridized carbons (Fsp3) is 0.565. The Kier molecular flexibility index (Phi) is 13.0.